The third-order valence-electron chi connectivity index (χ3n) is 3.67. The zero-order valence-electron chi connectivity index (χ0n) is 13.1. The first-order valence-corrected chi connectivity index (χ1v) is 7.33. The van der Waals surface area contributed by atoms with Gasteiger partial charge in [0.05, 0.1) is 5.56 Å². The number of nitrogens with zero attached hydrogens (tertiary/aromatic N) is 2. The van der Waals surface area contributed by atoms with Gasteiger partial charge in [0.15, 0.2) is 0 Å². The fourth-order valence-corrected chi connectivity index (χ4v) is 2.28. The number of aromatic carboxylic acids is 1. The van der Waals surface area contributed by atoms with Crippen LogP contribution in [-0.4, -0.2) is 43.2 Å². The normalized spacial score (nSPS) is 10.7. The lowest BCUT2D eigenvalue weighted by Crippen LogP contribution is -2.30. The molecule has 2 aromatic rings. The lowest BCUT2D eigenvalue weighted by atomic mass is 10.1. The van der Waals surface area contributed by atoms with Gasteiger partial charge in [-0.1, -0.05) is 30.3 Å². The average molecular weight is 298 g/mol. The van der Waals surface area contributed by atoms with Gasteiger partial charge in [-0.05, 0) is 36.9 Å². The highest BCUT2D eigenvalue weighted by atomic mass is 16.4. The van der Waals surface area contributed by atoms with E-state index in [0.717, 1.165) is 25.2 Å². The number of anilines is 1. The molecule has 0 aliphatic rings. The van der Waals surface area contributed by atoms with Gasteiger partial charge in [-0.2, -0.15) is 0 Å². The molecule has 0 bridgehead atoms. The number of hydrogen-bond donors (Lipinski definition) is 1. The van der Waals surface area contributed by atoms with Crippen LogP contribution in [0.15, 0.2) is 54.6 Å². The second-order valence-electron chi connectivity index (χ2n) is 5.50. The van der Waals surface area contributed by atoms with Gasteiger partial charge in [0.25, 0.3) is 0 Å². The molecule has 0 heterocycles. The number of rotatable bonds is 7. The van der Waals surface area contributed by atoms with Gasteiger partial charge in [0.2, 0.25) is 0 Å². The highest BCUT2D eigenvalue weighted by Gasteiger charge is 2.05. The van der Waals surface area contributed by atoms with Crippen molar-refractivity contribution < 1.29 is 9.90 Å². The maximum atomic E-state index is 10.8. The second kappa shape index (κ2) is 7.61. The quantitative estimate of drug-likeness (QED) is 0.853. The first-order valence-electron chi connectivity index (χ1n) is 7.33. The molecule has 116 valence electrons. The van der Waals surface area contributed by atoms with Crippen LogP contribution in [0.3, 0.4) is 0 Å². The number of likely N-dealkylation sites (N-methyl/N-ethyl adjacent to an activating group) is 2. The van der Waals surface area contributed by atoms with E-state index in [-0.39, 0.29) is 0 Å². The highest BCUT2D eigenvalue weighted by Crippen LogP contribution is 2.11. The summed E-state index contributed by atoms with van der Waals surface area (Å²) < 4.78 is 0. The van der Waals surface area contributed by atoms with Crippen LogP contribution in [0.5, 0.6) is 0 Å². The summed E-state index contributed by atoms with van der Waals surface area (Å²) in [5.41, 5.74) is 2.66. The van der Waals surface area contributed by atoms with Crippen LogP contribution in [-0.2, 0) is 6.54 Å². The summed E-state index contributed by atoms with van der Waals surface area (Å²) >= 11 is 0. The lowest BCUT2D eigenvalue weighted by molar-refractivity contribution is 0.0697. The van der Waals surface area contributed by atoms with Crippen LogP contribution in [0.25, 0.3) is 0 Å². The minimum Gasteiger partial charge on any atom is -0.478 e. The first-order chi connectivity index (χ1) is 10.6. The number of para-hydroxylation sites is 1. The molecule has 0 aliphatic carbocycles. The van der Waals surface area contributed by atoms with Crippen LogP contribution < -0.4 is 4.90 Å². The van der Waals surface area contributed by atoms with Crippen molar-refractivity contribution in [2.24, 2.45) is 0 Å². The predicted molar refractivity (Wildman–Crippen MR) is 89.4 cm³/mol. The molecular weight excluding hydrogens is 276 g/mol. The maximum absolute atomic E-state index is 10.8. The molecule has 2 rings (SSSR count). The maximum Gasteiger partial charge on any atom is 0.335 e. The summed E-state index contributed by atoms with van der Waals surface area (Å²) in [6.45, 7) is 2.68. The number of carbonyl (C=O) groups is 1. The third-order valence-corrected chi connectivity index (χ3v) is 3.67. The van der Waals surface area contributed by atoms with Crippen LogP contribution in [0.1, 0.15) is 15.9 Å². The summed E-state index contributed by atoms with van der Waals surface area (Å²) in [6, 6.07) is 17.4. The summed E-state index contributed by atoms with van der Waals surface area (Å²) in [5.74, 6) is -0.885. The zero-order valence-corrected chi connectivity index (χ0v) is 13.1. The van der Waals surface area contributed by atoms with E-state index in [9.17, 15) is 4.79 Å². The van der Waals surface area contributed by atoms with Crippen molar-refractivity contribution in [2.45, 2.75) is 6.54 Å². The van der Waals surface area contributed by atoms with Gasteiger partial charge in [0.1, 0.15) is 0 Å². The Bertz CT molecular complexity index is 596. The smallest absolute Gasteiger partial charge is 0.335 e. The van der Waals surface area contributed by atoms with Crippen molar-refractivity contribution in [3.63, 3.8) is 0 Å². The molecule has 0 saturated heterocycles. The Kier molecular flexibility index (Phi) is 5.55. The topological polar surface area (TPSA) is 43.8 Å². The van der Waals surface area contributed by atoms with Crippen molar-refractivity contribution in [1.29, 1.82) is 0 Å². The van der Waals surface area contributed by atoms with Crippen molar-refractivity contribution in [3.8, 4) is 0 Å². The molecule has 4 heteroatoms. The van der Waals surface area contributed by atoms with Gasteiger partial charge in [-0.3, -0.25) is 0 Å². The fraction of sp³-hybridized carbons (Fsp3) is 0.278. The number of carboxylic acids is 1. The second-order valence-corrected chi connectivity index (χ2v) is 5.50. The molecular formula is C18H22N2O2. The summed E-state index contributed by atoms with van der Waals surface area (Å²) in [7, 11) is 4.16. The Hall–Kier alpha value is -2.33. The molecule has 0 saturated carbocycles. The SMILES string of the molecule is CN(CCN(C)c1ccccc1)Cc1ccc(C(=O)O)cc1. The van der Waals surface area contributed by atoms with Crippen LogP contribution in [0.4, 0.5) is 5.69 Å². The number of carboxylic acid groups (broad SMARTS) is 1. The van der Waals surface area contributed by atoms with Crippen LogP contribution >= 0.6 is 0 Å². The highest BCUT2D eigenvalue weighted by molar-refractivity contribution is 5.87. The molecule has 0 fully saturated rings. The minimum absolute atomic E-state index is 0.329. The number of benzene rings is 2. The molecule has 0 amide bonds. The zero-order chi connectivity index (χ0) is 15.9. The molecule has 1 N–H and O–H groups in total. The van der Waals surface area contributed by atoms with Crippen molar-refractivity contribution in [2.75, 3.05) is 32.1 Å². The first kappa shape index (κ1) is 16.0. The van der Waals surface area contributed by atoms with E-state index in [1.165, 1.54) is 5.69 Å². The Balaban J connectivity index is 1.82. The fourth-order valence-electron chi connectivity index (χ4n) is 2.28. The van der Waals surface area contributed by atoms with E-state index < -0.39 is 5.97 Å². The number of hydrogen-bond acceptors (Lipinski definition) is 3. The van der Waals surface area contributed by atoms with E-state index in [2.05, 4.69) is 36.0 Å². The summed E-state index contributed by atoms with van der Waals surface area (Å²) in [6.07, 6.45) is 0. The van der Waals surface area contributed by atoms with E-state index in [1.807, 2.05) is 30.3 Å². The third kappa shape index (κ3) is 4.60. The molecule has 4 nitrogen and oxygen atoms in total. The molecule has 22 heavy (non-hydrogen) atoms. The van der Waals surface area contributed by atoms with Gasteiger partial charge in [0, 0.05) is 32.4 Å². The van der Waals surface area contributed by atoms with Crippen LogP contribution in [0, 0.1) is 0 Å². The van der Waals surface area contributed by atoms with Crippen molar-refractivity contribution in [3.05, 3.63) is 65.7 Å². The molecule has 0 aromatic heterocycles. The van der Waals surface area contributed by atoms with Gasteiger partial charge in [-0.25, -0.2) is 4.79 Å². The summed E-state index contributed by atoms with van der Waals surface area (Å²) in [5, 5.41) is 8.90. The minimum atomic E-state index is -0.885. The molecule has 0 unspecified atom stereocenters. The lowest BCUT2D eigenvalue weighted by Gasteiger charge is -2.23. The molecule has 0 spiro atoms. The van der Waals surface area contributed by atoms with E-state index in [4.69, 9.17) is 5.11 Å². The molecule has 0 aliphatic heterocycles. The molecule has 0 radical (unpaired) electrons. The van der Waals surface area contributed by atoms with Gasteiger partial charge < -0.3 is 14.9 Å². The summed E-state index contributed by atoms with van der Waals surface area (Å²) in [4.78, 5) is 15.3. The Morgan fingerprint density at radius 2 is 1.59 bits per heavy atom. The van der Waals surface area contributed by atoms with E-state index in [1.54, 1.807) is 12.1 Å². The van der Waals surface area contributed by atoms with Crippen LogP contribution in [0.2, 0.25) is 0 Å². The Labute approximate surface area is 131 Å². The molecule has 0 atom stereocenters. The van der Waals surface area contributed by atoms with E-state index in [0.29, 0.717) is 5.56 Å². The van der Waals surface area contributed by atoms with Crippen molar-refractivity contribution in [1.82, 2.24) is 4.90 Å². The Morgan fingerprint density at radius 3 is 2.18 bits per heavy atom. The largest absolute Gasteiger partial charge is 0.478 e. The van der Waals surface area contributed by atoms with Crippen molar-refractivity contribution >= 4 is 11.7 Å². The average Bonchev–Trinajstić information content (AvgIpc) is 2.54. The predicted octanol–water partition coefficient (Wildman–Crippen LogP) is 2.95. The molecule has 2 aromatic carbocycles. The Morgan fingerprint density at radius 1 is 0.955 bits per heavy atom. The van der Waals surface area contributed by atoms with E-state index >= 15 is 0 Å². The standard InChI is InChI=1S/C18H22N2O2/c1-19(12-13-20(2)17-6-4-3-5-7-17)14-15-8-10-16(11-9-15)18(21)22/h3-11H,12-14H2,1-2H3,(H,21,22). The monoisotopic (exact) mass is 298 g/mol. The van der Waals surface area contributed by atoms with Gasteiger partial charge in [-0.15, -0.1) is 0 Å². The van der Waals surface area contributed by atoms with Gasteiger partial charge >= 0.3 is 5.97 Å².